The fourth-order valence-corrected chi connectivity index (χ4v) is 1.66. The van der Waals surface area contributed by atoms with Crippen LogP contribution in [0.5, 0.6) is 5.88 Å². The van der Waals surface area contributed by atoms with Crippen molar-refractivity contribution in [3.63, 3.8) is 0 Å². The Bertz CT molecular complexity index is 511. The topological polar surface area (TPSA) is 42.4 Å². The highest BCUT2D eigenvalue weighted by Crippen LogP contribution is 2.25. The number of aromatic nitrogens is 1. The van der Waals surface area contributed by atoms with Crippen LogP contribution < -0.4 is 4.74 Å². The number of hydrogen-bond acceptors (Lipinski definition) is 3. The van der Waals surface area contributed by atoms with E-state index >= 15 is 0 Å². The van der Waals surface area contributed by atoms with E-state index in [1.807, 2.05) is 37.3 Å². The molecule has 1 atom stereocenters. The average molecular weight is 231 g/mol. The van der Waals surface area contributed by atoms with Crippen LogP contribution in [0.1, 0.15) is 26.0 Å². The van der Waals surface area contributed by atoms with Crippen LogP contribution >= 0.6 is 0 Å². The maximum Gasteiger partial charge on any atom is 0.221 e. The Labute approximate surface area is 101 Å². The van der Waals surface area contributed by atoms with E-state index in [-0.39, 0.29) is 12.7 Å². The molecule has 1 N–H and O–H groups in total. The van der Waals surface area contributed by atoms with Crippen LogP contribution in [0.25, 0.3) is 10.8 Å². The molecule has 2 aromatic rings. The Kier molecular flexibility index (Phi) is 3.59. The van der Waals surface area contributed by atoms with Crippen molar-refractivity contribution in [2.45, 2.75) is 33.0 Å². The predicted molar refractivity (Wildman–Crippen MR) is 68.0 cm³/mol. The number of ether oxygens (including phenoxy) is 1. The third kappa shape index (κ3) is 2.56. The Hall–Kier alpha value is -1.61. The minimum Gasteiger partial charge on any atom is -0.474 e. The molecule has 3 nitrogen and oxygen atoms in total. The summed E-state index contributed by atoms with van der Waals surface area (Å²) < 4.78 is 5.80. The normalized spacial score (nSPS) is 12.6. The molecule has 0 saturated carbocycles. The van der Waals surface area contributed by atoms with Crippen LogP contribution in [0, 0.1) is 0 Å². The van der Waals surface area contributed by atoms with Gasteiger partial charge in [0.25, 0.3) is 0 Å². The molecule has 0 amide bonds. The largest absolute Gasteiger partial charge is 0.474 e. The number of rotatable bonds is 4. The molecule has 0 radical (unpaired) electrons. The van der Waals surface area contributed by atoms with Crippen LogP contribution in [0.15, 0.2) is 30.3 Å². The van der Waals surface area contributed by atoms with E-state index in [4.69, 9.17) is 4.74 Å². The summed E-state index contributed by atoms with van der Waals surface area (Å²) in [5, 5.41) is 11.2. The van der Waals surface area contributed by atoms with Crippen molar-refractivity contribution in [2.24, 2.45) is 0 Å². The molecule has 17 heavy (non-hydrogen) atoms. The van der Waals surface area contributed by atoms with Crippen molar-refractivity contribution in [3.05, 3.63) is 36.0 Å². The lowest BCUT2D eigenvalue weighted by atomic mass is 10.1. The summed E-state index contributed by atoms with van der Waals surface area (Å²) in [6, 6.07) is 9.81. The minimum atomic E-state index is -0.0678. The van der Waals surface area contributed by atoms with E-state index in [0.29, 0.717) is 11.6 Å². The van der Waals surface area contributed by atoms with Crippen molar-refractivity contribution in [1.82, 2.24) is 4.98 Å². The highest BCUT2D eigenvalue weighted by molar-refractivity contribution is 5.87. The smallest absolute Gasteiger partial charge is 0.221 e. The summed E-state index contributed by atoms with van der Waals surface area (Å²) in [5.74, 6) is 0.613. The van der Waals surface area contributed by atoms with Gasteiger partial charge in [-0.3, -0.25) is 0 Å². The zero-order valence-electron chi connectivity index (χ0n) is 10.2. The fourth-order valence-electron chi connectivity index (χ4n) is 1.66. The van der Waals surface area contributed by atoms with Gasteiger partial charge >= 0.3 is 0 Å². The molecule has 0 saturated heterocycles. The third-order valence-electron chi connectivity index (χ3n) is 2.81. The third-order valence-corrected chi connectivity index (χ3v) is 2.81. The number of benzene rings is 1. The second kappa shape index (κ2) is 5.15. The molecule has 3 heteroatoms. The van der Waals surface area contributed by atoms with Crippen LogP contribution in [-0.4, -0.2) is 16.2 Å². The quantitative estimate of drug-likeness (QED) is 0.879. The number of aliphatic hydroxyl groups is 1. The molecule has 0 fully saturated rings. The maximum atomic E-state index is 9.19. The van der Waals surface area contributed by atoms with Gasteiger partial charge in [0.15, 0.2) is 0 Å². The van der Waals surface area contributed by atoms with Gasteiger partial charge in [0.05, 0.1) is 18.4 Å². The van der Waals surface area contributed by atoms with Gasteiger partial charge < -0.3 is 9.84 Å². The van der Waals surface area contributed by atoms with E-state index in [1.54, 1.807) is 0 Å². The molecular weight excluding hydrogens is 214 g/mol. The first-order chi connectivity index (χ1) is 8.24. The van der Waals surface area contributed by atoms with Gasteiger partial charge in [-0.15, -0.1) is 0 Å². The van der Waals surface area contributed by atoms with E-state index in [2.05, 4.69) is 11.9 Å². The van der Waals surface area contributed by atoms with Gasteiger partial charge in [0.1, 0.15) is 0 Å². The fraction of sp³-hybridized carbons (Fsp3) is 0.357. The first kappa shape index (κ1) is 11.9. The molecule has 0 aliphatic carbocycles. The first-order valence-electron chi connectivity index (χ1n) is 5.90. The summed E-state index contributed by atoms with van der Waals surface area (Å²) in [7, 11) is 0. The number of nitrogens with zero attached hydrogens (tertiary/aromatic N) is 1. The lowest BCUT2D eigenvalue weighted by Gasteiger charge is -2.14. The highest BCUT2D eigenvalue weighted by atomic mass is 16.5. The van der Waals surface area contributed by atoms with Gasteiger partial charge in [-0.1, -0.05) is 25.1 Å². The van der Waals surface area contributed by atoms with Crippen molar-refractivity contribution in [1.29, 1.82) is 0 Å². The molecule has 2 rings (SSSR count). The molecule has 0 spiro atoms. The van der Waals surface area contributed by atoms with Gasteiger partial charge in [0.2, 0.25) is 5.88 Å². The molecule has 0 aliphatic heterocycles. The summed E-state index contributed by atoms with van der Waals surface area (Å²) in [5.41, 5.74) is 0.641. The monoisotopic (exact) mass is 231 g/mol. The average Bonchev–Trinajstić information content (AvgIpc) is 2.38. The SMILES string of the molecule is CCC(C)Oc1nc(CO)cc2ccccc12. The molecule has 1 aromatic carbocycles. The lowest BCUT2D eigenvalue weighted by molar-refractivity contribution is 0.208. The van der Waals surface area contributed by atoms with E-state index in [9.17, 15) is 5.11 Å². The van der Waals surface area contributed by atoms with Crippen molar-refractivity contribution < 1.29 is 9.84 Å². The summed E-state index contributed by atoms with van der Waals surface area (Å²) in [6.45, 7) is 4.02. The number of aliphatic hydroxyl groups excluding tert-OH is 1. The Morgan fingerprint density at radius 2 is 2.12 bits per heavy atom. The van der Waals surface area contributed by atoms with Crippen LogP contribution in [0.4, 0.5) is 0 Å². The molecule has 90 valence electrons. The van der Waals surface area contributed by atoms with Gasteiger partial charge in [-0.25, -0.2) is 4.98 Å². The summed E-state index contributed by atoms with van der Waals surface area (Å²) >= 11 is 0. The Morgan fingerprint density at radius 3 is 2.82 bits per heavy atom. The second-order valence-electron chi connectivity index (χ2n) is 4.13. The number of pyridine rings is 1. The van der Waals surface area contributed by atoms with Crippen LogP contribution in [-0.2, 0) is 6.61 Å². The minimum absolute atomic E-state index is 0.0678. The zero-order valence-corrected chi connectivity index (χ0v) is 10.2. The molecular formula is C14H17NO2. The highest BCUT2D eigenvalue weighted by Gasteiger charge is 2.09. The molecule has 1 unspecified atom stereocenters. The zero-order chi connectivity index (χ0) is 12.3. The van der Waals surface area contributed by atoms with Crippen LogP contribution in [0.3, 0.4) is 0 Å². The standard InChI is InChI=1S/C14H17NO2/c1-3-10(2)17-14-13-7-5-4-6-11(13)8-12(9-16)15-14/h4-8,10,16H,3,9H2,1-2H3. The van der Waals surface area contributed by atoms with E-state index in [1.165, 1.54) is 0 Å². The Morgan fingerprint density at radius 1 is 1.35 bits per heavy atom. The number of fused-ring (bicyclic) bond motifs is 1. The van der Waals surface area contributed by atoms with E-state index < -0.39 is 0 Å². The van der Waals surface area contributed by atoms with Crippen molar-refractivity contribution in [2.75, 3.05) is 0 Å². The van der Waals surface area contributed by atoms with Crippen molar-refractivity contribution in [3.8, 4) is 5.88 Å². The first-order valence-corrected chi connectivity index (χ1v) is 5.90. The summed E-state index contributed by atoms with van der Waals surface area (Å²) in [6.07, 6.45) is 1.05. The predicted octanol–water partition coefficient (Wildman–Crippen LogP) is 2.90. The second-order valence-corrected chi connectivity index (χ2v) is 4.13. The van der Waals surface area contributed by atoms with Gasteiger partial charge in [-0.2, -0.15) is 0 Å². The van der Waals surface area contributed by atoms with Crippen molar-refractivity contribution >= 4 is 10.8 Å². The lowest BCUT2D eigenvalue weighted by Crippen LogP contribution is -2.11. The van der Waals surface area contributed by atoms with Gasteiger partial charge in [0, 0.05) is 5.39 Å². The van der Waals surface area contributed by atoms with Crippen LogP contribution in [0.2, 0.25) is 0 Å². The molecule has 1 heterocycles. The summed E-state index contributed by atoms with van der Waals surface area (Å²) in [4.78, 5) is 4.34. The molecule has 0 bridgehead atoms. The number of hydrogen-bond donors (Lipinski definition) is 1. The molecule has 1 aromatic heterocycles. The van der Waals surface area contributed by atoms with Gasteiger partial charge in [-0.05, 0) is 30.9 Å². The Balaban J connectivity index is 2.50. The maximum absolute atomic E-state index is 9.19. The van der Waals surface area contributed by atoms with E-state index in [0.717, 1.165) is 17.2 Å². The molecule has 0 aliphatic rings.